The molecule has 0 bridgehead atoms. The normalized spacial score (nSPS) is 15.5. The fourth-order valence-corrected chi connectivity index (χ4v) is 4.42. The van der Waals surface area contributed by atoms with E-state index in [0.29, 0.717) is 6.54 Å². The number of aryl methyl sites for hydroxylation is 2. The first-order chi connectivity index (χ1) is 13.0. The number of likely N-dealkylation sites (tertiary alicyclic amines) is 1. The highest BCUT2D eigenvalue weighted by Crippen LogP contribution is 2.22. The number of carbonyl (C=O) groups excluding carboxylic acids is 2. The lowest BCUT2D eigenvalue weighted by Gasteiger charge is -2.31. The van der Waals surface area contributed by atoms with Gasteiger partial charge in [-0.25, -0.2) is 0 Å². The summed E-state index contributed by atoms with van der Waals surface area (Å²) in [6, 6.07) is 11.7. The van der Waals surface area contributed by atoms with Gasteiger partial charge in [-0.3, -0.25) is 14.5 Å². The van der Waals surface area contributed by atoms with Gasteiger partial charge in [0, 0.05) is 29.7 Å². The first-order valence-corrected chi connectivity index (χ1v) is 10.3. The maximum Gasteiger partial charge on any atom is 0.261 e. The highest BCUT2D eigenvalue weighted by molar-refractivity contribution is 7.14. The van der Waals surface area contributed by atoms with Gasteiger partial charge in [-0.15, -0.1) is 11.3 Å². The van der Waals surface area contributed by atoms with Crippen LogP contribution in [0.25, 0.3) is 0 Å². The molecule has 2 amide bonds. The number of hydrogen-bond acceptors (Lipinski definition) is 4. The predicted octanol–water partition coefficient (Wildman–Crippen LogP) is 3.45. The quantitative estimate of drug-likeness (QED) is 0.801. The molecular formula is C21H27N3O2S. The van der Waals surface area contributed by atoms with Crippen LogP contribution in [0.5, 0.6) is 0 Å². The van der Waals surface area contributed by atoms with Gasteiger partial charge in [0.25, 0.3) is 5.91 Å². The molecule has 1 fully saturated rings. The van der Waals surface area contributed by atoms with Crippen LogP contribution in [-0.2, 0) is 11.2 Å². The van der Waals surface area contributed by atoms with Crippen molar-refractivity contribution in [1.82, 2.24) is 10.2 Å². The molecule has 27 heavy (non-hydrogen) atoms. The summed E-state index contributed by atoms with van der Waals surface area (Å²) in [4.78, 5) is 28.8. The van der Waals surface area contributed by atoms with Crippen LogP contribution in [0, 0.1) is 6.92 Å². The number of thiophene rings is 1. The van der Waals surface area contributed by atoms with Gasteiger partial charge in [0.1, 0.15) is 0 Å². The number of rotatable bonds is 6. The first-order valence-electron chi connectivity index (χ1n) is 9.52. The minimum absolute atomic E-state index is 0.00448. The largest absolute Gasteiger partial charge is 0.349 e. The van der Waals surface area contributed by atoms with Gasteiger partial charge in [-0.2, -0.15) is 0 Å². The van der Waals surface area contributed by atoms with Crippen LogP contribution in [0.15, 0.2) is 36.4 Å². The third kappa shape index (κ3) is 5.40. The Bertz CT molecular complexity index is 780. The smallest absolute Gasteiger partial charge is 0.261 e. The summed E-state index contributed by atoms with van der Waals surface area (Å²) in [6.07, 6.45) is 2.70. The topological polar surface area (TPSA) is 61.4 Å². The third-order valence-corrected chi connectivity index (χ3v) is 6.06. The van der Waals surface area contributed by atoms with E-state index >= 15 is 0 Å². The second kappa shape index (κ2) is 9.15. The molecule has 1 aromatic carbocycles. The number of nitrogens with one attached hydrogen (secondary N) is 2. The summed E-state index contributed by atoms with van der Waals surface area (Å²) in [5.41, 5.74) is 2.08. The lowest BCUT2D eigenvalue weighted by molar-refractivity contribution is -0.117. The molecule has 3 rings (SSSR count). The van der Waals surface area contributed by atoms with Crippen LogP contribution in [-0.4, -0.2) is 42.4 Å². The maximum atomic E-state index is 12.5. The van der Waals surface area contributed by atoms with Gasteiger partial charge in [0.15, 0.2) is 0 Å². The number of anilines is 1. The molecule has 1 saturated heterocycles. The fourth-order valence-electron chi connectivity index (χ4n) is 3.40. The zero-order chi connectivity index (χ0) is 19.2. The van der Waals surface area contributed by atoms with E-state index in [4.69, 9.17) is 0 Å². The predicted molar refractivity (Wildman–Crippen MR) is 110 cm³/mol. The number of amides is 2. The molecule has 0 saturated carbocycles. The van der Waals surface area contributed by atoms with Crippen molar-refractivity contribution in [3.8, 4) is 0 Å². The standard InChI is InChI=1S/C21H27N3O2S/c1-3-16-13-19(27-15(16)2)21(26)23-18-9-11-24(12-10-18)14-20(25)22-17-7-5-4-6-8-17/h4-8,13,18H,3,9-12,14H2,1-2H3,(H,22,25)(H,23,26). The Hall–Kier alpha value is -2.18. The van der Waals surface area contributed by atoms with Gasteiger partial charge < -0.3 is 10.6 Å². The Morgan fingerprint density at radius 3 is 2.52 bits per heavy atom. The second-order valence-corrected chi connectivity index (χ2v) is 8.24. The van der Waals surface area contributed by atoms with Crippen LogP contribution in [0.1, 0.15) is 39.9 Å². The van der Waals surface area contributed by atoms with Crippen molar-refractivity contribution < 1.29 is 9.59 Å². The van der Waals surface area contributed by atoms with E-state index in [1.165, 1.54) is 10.4 Å². The number of hydrogen-bond donors (Lipinski definition) is 2. The lowest BCUT2D eigenvalue weighted by Crippen LogP contribution is -2.46. The molecule has 0 aliphatic carbocycles. The monoisotopic (exact) mass is 385 g/mol. The highest BCUT2D eigenvalue weighted by Gasteiger charge is 2.23. The van der Waals surface area contributed by atoms with Gasteiger partial charge in [0.2, 0.25) is 5.91 Å². The van der Waals surface area contributed by atoms with Crippen molar-refractivity contribution in [3.05, 3.63) is 51.7 Å². The SMILES string of the molecule is CCc1cc(C(=O)NC2CCN(CC(=O)Nc3ccccc3)CC2)sc1C. The van der Waals surface area contributed by atoms with Gasteiger partial charge in [0.05, 0.1) is 11.4 Å². The fraction of sp³-hybridized carbons (Fsp3) is 0.429. The van der Waals surface area contributed by atoms with E-state index in [9.17, 15) is 9.59 Å². The van der Waals surface area contributed by atoms with Crippen molar-refractivity contribution in [2.45, 2.75) is 39.2 Å². The van der Waals surface area contributed by atoms with Gasteiger partial charge in [-0.1, -0.05) is 25.1 Å². The van der Waals surface area contributed by atoms with Crippen LogP contribution < -0.4 is 10.6 Å². The zero-order valence-electron chi connectivity index (χ0n) is 16.0. The molecule has 0 atom stereocenters. The molecule has 2 N–H and O–H groups in total. The number of para-hydroxylation sites is 1. The Balaban J connectivity index is 1.43. The van der Waals surface area contributed by atoms with E-state index in [2.05, 4.69) is 29.4 Å². The van der Waals surface area contributed by atoms with Crippen molar-refractivity contribution in [3.63, 3.8) is 0 Å². The number of benzene rings is 1. The Labute approximate surface area is 164 Å². The van der Waals surface area contributed by atoms with Crippen LogP contribution in [0.2, 0.25) is 0 Å². The average molecular weight is 386 g/mol. The first kappa shape index (κ1) is 19.6. The summed E-state index contributed by atoms with van der Waals surface area (Å²) in [5.74, 6) is 0.0351. The van der Waals surface area contributed by atoms with Crippen molar-refractivity contribution in [1.29, 1.82) is 0 Å². The molecule has 1 aliphatic rings. The summed E-state index contributed by atoms with van der Waals surface area (Å²) in [5, 5.41) is 6.08. The summed E-state index contributed by atoms with van der Waals surface area (Å²) in [6.45, 7) is 6.20. The third-order valence-electron chi connectivity index (χ3n) is 4.97. The van der Waals surface area contributed by atoms with Crippen LogP contribution >= 0.6 is 11.3 Å². The Morgan fingerprint density at radius 2 is 1.89 bits per heavy atom. The van der Waals surface area contributed by atoms with E-state index in [0.717, 1.165) is 42.9 Å². The van der Waals surface area contributed by atoms with Crippen molar-refractivity contribution in [2.24, 2.45) is 0 Å². The summed E-state index contributed by atoms with van der Waals surface area (Å²) in [7, 11) is 0. The average Bonchev–Trinajstić information content (AvgIpc) is 3.05. The molecule has 1 aliphatic heterocycles. The molecule has 6 heteroatoms. The number of carbonyl (C=O) groups is 2. The van der Waals surface area contributed by atoms with Crippen molar-refractivity contribution in [2.75, 3.05) is 25.0 Å². The van der Waals surface area contributed by atoms with E-state index in [1.807, 2.05) is 36.4 Å². The molecular weight excluding hydrogens is 358 g/mol. The molecule has 2 aromatic rings. The van der Waals surface area contributed by atoms with Gasteiger partial charge in [-0.05, 0) is 49.9 Å². The maximum absolute atomic E-state index is 12.5. The molecule has 0 radical (unpaired) electrons. The van der Waals surface area contributed by atoms with Crippen molar-refractivity contribution >= 4 is 28.8 Å². The number of nitrogens with zero attached hydrogens (tertiary/aromatic N) is 1. The Morgan fingerprint density at radius 1 is 1.19 bits per heavy atom. The molecule has 5 nitrogen and oxygen atoms in total. The second-order valence-electron chi connectivity index (χ2n) is 6.98. The highest BCUT2D eigenvalue weighted by atomic mass is 32.1. The minimum atomic E-state index is 0.00448. The van der Waals surface area contributed by atoms with Gasteiger partial charge >= 0.3 is 0 Å². The summed E-state index contributed by atoms with van der Waals surface area (Å²) < 4.78 is 0. The minimum Gasteiger partial charge on any atom is -0.349 e. The molecule has 0 unspecified atom stereocenters. The zero-order valence-corrected chi connectivity index (χ0v) is 16.8. The van der Waals surface area contributed by atoms with E-state index < -0.39 is 0 Å². The molecule has 144 valence electrons. The number of piperidine rings is 1. The van der Waals surface area contributed by atoms with E-state index in [1.54, 1.807) is 11.3 Å². The Kier molecular flexibility index (Phi) is 6.63. The lowest BCUT2D eigenvalue weighted by atomic mass is 10.0. The van der Waals surface area contributed by atoms with Crippen LogP contribution in [0.4, 0.5) is 5.69 Å². The molecule has 2 heterocycles. The van der Waals surface area contributed by atoms with Crippen LogP contribution in [0.3, 0.4) is 0 Å². The van der Waals surface area contributed by atoms with E-state index in [-0.39, 0.29) is 17.9 Å². The summed E-state index contributed by atoms with van der Waals surface area (Å²) >= 11 is 1.57. The molecule has 0 spiro atoms. The molecule has 1 aromatic heterocycles.